The molecular formula is C55H36. The molecule has 2 aliphatic carbocycles. The molecule has 0 radical (unpaired) electrons. The normalized spacial score (nSPS) is 12.5. The lowest BCUT2D eigenvalue weighted by Gasteiger charge is -2.21. The summed E-state index contributed by atoms with van der Waals surface area (Å²) in [7, 11) is 0. The first-order chi connectivity index (χ1) is 27.3. The minimum Gasteiger partial charge on any atom is -0.0870 e. The second kappa shape index (κ2) is 12.5. The first-order valence-corrected chi connectivity index (χ1v) is 19.2. The quantitative estimate of drug-likeness (QED) is 0.168. The van der Waals surface area contributed by atoms with Gasteiger partial charge >= 0.3 is 0 Å². The van der Waals surface area contributed by atoms with E-state index in [1.54, 1.807) is 0 Å². The summed E-state index contributed by atoms with van der Waals surface area (Å²) in [6, 6.07) is 66.8. The molecule has 0 atom stereocenters. The summed E-state index contributed by atoms with van der Waals surface area (Å²) in [6.07, 6.45) is 7.11. The van der Waals surface area contributed by atoms with Crippen LogP contribution >= 0.6 is 0 Å². The van der Waals surface area contributed by atoms with Crippen molar-refractivity contribution in [2.45, 2.75) is 6.92 Å². The highest BCUT2D eigenvalue weighted by Gasteiger charge is 2.32. The van der Waals surface area contributed by atoms with Crippen LogP contribution < -0.4 is 10.4 Å². The van der Waals surface area contributed by atoms with Gasteiger partial charge in [0.2, 0.25) is 0 Å². The van der Waals surface area contributed by atoms with E-state index >= 15 is 0 Å². The molecule has 0 N–H and O–H groups in total. The SMILES string of the molecule is C/C=C\C1=c2c(ccc3c2=Cc2c-3c(-c3ccccc3)c3ccccc3c2-c2ccccc2)-c2c1c(-c1ccccc1)c1ccccc1c2-c1ccccc1. The number of rotatable bonds is 5. The predicted octanol–water partition coefficient (Wildman–Crippen LogP) is 13.2. The summed E-state index contributed by atoms with van der Waals surface area (Å²) >= 11 is 0. The summed E-state index contributed by atoms with van der Waals surface area (Å²) in [4.78, 5) is 0. The van der Waals surface area contributed by atoms with Gasteiger partial charge in [-0.25, -0.2) is 0 Å². The van der Waals surface area contributed by atoms with Crippen LogP contribution in [0.3, 0.4) is 0 Å². The molecular weight excluding hydrogens is 661 g/mol. The average molecular weight is 697 g/mol. The smallest absolute Gasteiger partial charge is 0.000741 e. The molecule has 0 nitrogen and oxygen atoms in total. The van der Waals surface area contributed by atoms with E-state index in [9.17, 15) is 0 Å². The van der Waals surface area contributed by atoms with Crippen molar-refractivity contribution in [1.29, 1.82) is 0 Å². The molecule has 0 spiro atoms. The molecule has 55 heavy (non-hydrogen) atoms. The largest absolute Gasteiger partial charge is 0.0870 e. The molecule has 0 aliphatic heterocycles. The third kappa shape index (κ3) is 4.65. The fraction of sp³-hybridized carbons (Fsp3) is 0.0182. The van der Waals surface area contributed by atoms with Crippen LogP contribution in [0, 0.1) is 0 Å². The van der Waals surface area contributed by atoms with E-state index in [1.807, 2.05) is 0 Å². The fourth-order valence-corrected chi connectivity index (χ4v) is 9.58. The van der Waals surface area contributed by atoms with Gasteiger partial charge in [0.05, 0.1) is 0 Å². The standard InChI is InChI=1S/C55H36/c1-2-19-44-52-45(55-51(38-26-13-6-14-27-38)42-31-18-17-30-41(42)50(54(44)55)37-24-11-5-12-25-37)33-32-43-46(52)34-47-48(35-20-7-3-8-21-35)39-28-15-16-29-40(39)49(53(43)47)36-22-9-4-10-23-36/h2-34H,1H3/b19-2-. The summed E-state index contributed by atoms with van der Waals surface area (Å²) in [5, 5.41) is 7.71. The average Bonchev–Trinajstić information content (AvgIpc) is 3.79. The van der Waals surface area contributed by atoms with Gasteiger partial charge in [-0.1, -0.05) is 194 Å². The van der Waals surface area contributed by atoms with E-state index in [0.717, 1.165) is 0 Å². The first kappa shape index (κ1) is 31.5. The second-order valence-corrected chi connectivity index (χ2v) is 14.6. The molecule has 9 aromatic rings. The van der Waals surface area contributed by atoms with Gasteiger partial charge in [-0.3, -0.25) is 0 Å². The van der Waals surface area contributed by atoms with Crippen LogP contribution in [0.2, 0.25) is 0 Å². The van der Waals surface area contributed by atoms with Crippen molar-refractivity contribution < 1.29 is 0 Å². The van der Waals surface area contributed by atoms with Crippen LogP contribution in [0.15, 0.2) is 194 Å². The highest BCUT2D eigenvalue weighted by atomic mass is 14.3. The van der Waals surface area contributed by atoms with Crippen LogP contribution in [0.5, 0.6) is 0 Å². The second-order valence-electron chi connectivity index (χ2n) is 14.6. The van der Waals surface area contributed by atoms with Crippen LogP contribution in [0.1, 0.15) is 18.1 Å². The van der Waals surface area contributed by atoms with Crippen molar-refractivity contribution in [2.75, 3.05) is 0 Å². The highest BCUT2D eigenvalue weighted by Crippen LogP contribution is 2.52. The Kier molecular flexibility index (Phi) is 7.19. The maximum absolute atomic E-state index is 2.52. The topological polar surface area (TPSA) is 0 Å². The van der Waals surface area contributed by atoms with E-state index in [-0.39, 0.29) is 0 Å². The fourth-order valence-electron chi connectivity index (χ4n) is 9.58. The molecule has 0 amide bonds. The highest BCUT2D eigenvalue weighted by molar-refractivity contribution is 6.20. The lowest BCUT2D eigenvalue weighted by molar-refractivity contribution is 1.53. The Morgan fingerprint density at radius 2 is 0.709 bits per heavy atom. The number of hydrogen-bond donors (Lipinski definition) is 0. The molecule has 0 heteroatoms. The lowest BCUT2D eigenvalue weighted by atomic mass is 9.82. The monoisotopic (exact) mass is 696 g/mol. The molecule has 0 saturated heterocycles. The molecule has 256 valence electrons. The van der Waals surface area contributed by atoms with Crippen molar-refractivity contribution in [2.24, 2.45) is 0 Å². The summed E-state index contributed by atoms with van der Waals surface area (Å²) in [5.41, 5.74) is 19.2. The number of fused-ring (bicyclic) bond motifs is 9. The van der Waals surface area contributed by atoms with Gasteiger partial charge in [-0.05, 0) is 128 Å². The van der Waals surface area contributed by atoms with E-state index in [1.165, 1.54) is 115 Å². The van der Waals surface area contributed by atoms with Crippen LogP contribution in [-0.2, 0) is 0 Å². The van der Waals surface area contributed by atoms with Crippen molar-refractivity contribution >= 4 is 33.2 Å². The molecule has 0 fully saturated rings. The van der Waals surface area contributed by atoms with Crippen LogP contribution in [-0.4, -0.2) is 0 Å². The zero-order valence-electron chi connectivity index (χ0n) is 30.6. The van der Waals surface area contributed by atoms with Gasteiger partial charge in [0.15, 0.2) is 0 Å². The Balaban J connectivity index is 1.35. The minimum atomic E-state index is 1.23. The van der Waals surface area contributed by atoms with Crippen molar-refractivity contribution in [3.05, 3.63) is 216 Å². The summed E-state index contributed by atoms with van der Waals surface area (Å²) < 4.78 is 0. The number of benzene rings is 9. The van der Waals surface area contributed by atoms with Gasteiger partial charge in [0.25, 0.3) is 0 Å². The number of hydrogen-bond acceptors (Lipinski definition) is 0. The van der Waals surface area contributed by atoms with Crippen LogP contribution in [0.4, 0.5) is 0 Å². The maximum atomic E-state index is 2.52. The molecule has 0 bridgehead atoms. The minimum absolute atomic E-state index is 1.23. The zero-order chi connectivity index (χ0) is 36.5. The predicted molar refractivity (Wildman–Crippen MR) is 234 cm³/mol. The molecule has 2 aliphatic rings. The maximum Gasteiger partial charge on any atom is -0.000741 e. The Morgan fingerprint density at radius 1 is 0.327 bits per heavy atom. The Hall–Kier alpha value is -7.02. The van der Waals surface area contributed by atoms with Gasteiger partial charge < -0.3 is 0 Å². The van der Waals surface area contributed by atoms with E-state index in [2.05, 4.69) is 207 Å². The third-order valence-electron chi connectivity index (χ3n) is 11.7. The van der Waals surface area contributed by atoms with Gasteiger partial charge in [0, 0.05) is 0 Å². The van der Waals surface area contributed by atoms with Gasteiger partial charge in [0.1, 0.15) is 0 Å². The summed E-state index contributed by atoms with van der Waals surface area (Å²) in [6.45, 7) is 2.15. The molecule has 0 heterocycles. The molecule has 11 rings (SSSR count). The van der Waals surface area contributed by atoms with Crippen molar-refractivity contribution in [3.8, 4) is 66.8 Å². The van der Waals surface area contributed by atoms with Gasteiger partial charge in [-0.2, -0.15) is 0 Å². The molecule has 9 aromatic carbocycles. The first-order valence-electron chi connectivity index (χ1n) is 19.2. The van der Waals surface area contributed by atoms with Crippen molar-refractivity contribution in [3.63, 3.8) is 0 Å². The van der Waals surface area contributed by atoms with Gasteiger partial charge in [-0.15, -0.1) is 0 Å². The molecule has 0 saturated carbocycles. The van der Waals surface area contributed by atoms with E-state index in [4.69, 9.17) is 0 Å². The number of allylic oxidation sites excluding steroid dienone is 2. The Labute approximate surface area is 321 Å². The van der Waals surface area contributed by atoms with E-state index in [0.29, 0.717) is 0 Å². The Bertz CT molecular complexity index is 3150. The van der Waals surface area contributed by atoms with Crippen LogP contribution in [0.25, 0.3) is 100.0 Å². The van der Waals surface area contributed by atoms with E-state index < -0.39 is 0 Å². The zero-order valence-corrected chi connectivity index (χ0v) is 30.6. The molecule has 0 aromatic heterocycles. The Morgan fingerprint density at radius 3 is 1.18 bits per heavy atom. The van der Waals surface area contributed by atoms with Crippen molar-refractivity contribution in [1.82, 2.24) is 0 Å². The third-order valence-corrected chi connectivity index (χ3v) is 11.7. The molecule has 0 unspecified atom stereocenters. The summed E-state index contributed by atoms with van der Waals surface area (Å²) in [5.74, 6) is 0. The lowest BCUT2D eigenvalue weighted by Crippen LogP contribution is -2.27.